The molecular weight excluding hydrogens is 145 g/mol. The lowest BCUT2D eigenvalue weighted by molar-refractivity contribution is 0.216. The Morgan fingerprint density at radius 3 is 2.18 bits per heavy atom. The Hall–Kier alpha value is -0.600. The number of rotatable bonds is 1. The Labute approximate surface area is 66.2 Å². The van der Waals surface area contributed by atoms with E-state index in [0.29, 0.717) is 0 Å². The summed E-state index contributed by atoms with van der Waals surface area (Å²) in [5.41, 5.74) is 0. The highest BCUT2D eigenvalue weighted by molar-refractivity contribution is 5.65. The fourth-order valence-corrected chi connectivity index (χ4v) is 1.58. The van der Waals surface area contributed by atoms with Gasteiger partial charge in [-0.1, -0.05) is 25.7 Å². The number of halogens is 1. The van der Waals surface area contributed by atoms with Crippen molar-refractivity contribution in [3.8, 4) is 0 Å². The van der Waals surface area contributed by atoms with Gasteiger partial charge in [0.15, 0.2) is 0 Å². The van der Waals surface area contributed by atoms with E-state index in [1.165, 1.54) is 12.8 Å². The largest absolute Gasteiger partial charge is 0.397 e. The van der Waals surface area contributed by atoms with Crippen molar-refractivity contribution >= 4 is 6.16 Å². The summed E-state index contributed by atoms with van der Waals surface area (Å²) in [6.07, 6.45) is 5.18. The predicted molar refractivity (Wildman–Crippen MR) is 41.1 cm³/mol. The van der Waals surface area contributed by atoms with E-state index < -0.39 is 6.16 Å². The van der Waals surface area contributed by atoms with Crippen molar-refractivity contribution in [3.63, 3.8) is 0 Å². The molecule has 0 aromatic carbocycles. The Bertz CT molecular complexity index is 130. The quantitative estimate of drug-likeness (QED) is 0.355. The number of hydrogen-bond donors (Lipinski definition) is 1. The van der Waals surface area contributed by atoms with Gasteiger partial charge in [-0.15, -0.1) is 4.39 Å². The lowest BCUT2D eigenvalue weighted by Gasteiger charge is -2.12. The summed E-state index contributed by atoms with van der Waals surface area (Å²) in [5.74, 6) is 0. The molecule has 1 aliphatic carbocycles. The highest BCUT2D eigenvalue weighted by atomic mass is 19.1. The number of carbonyl (C=O) groups excluding carboxylic acids is 1. The van der Waals surface area contributed by atoms with Gasteiger partial charge in [0.25, 0.3) is 0 Å². The molecule has 64 valence electrons. The molecule has 1 N–H and O–H groups in total. The first kappa shape index (κ1) is 8.50. The summed E-state index contributed by atoms with van der Waals surface area (Å²) in [7, 11) is 0. The Morgan fingerprint density at radius 2 is 1.73 bits per heavy atom. The molecule has 1 fully saturated rings. The Balaban J connectivity index is 2.25. The van der Waals surface area contributed by atoms with Crippen LogP contribution in [0.3, 0.4) is 0 Å². The maximum absolute atomic E-state index is 11.9. The first-order valence-corrected chi connectivity index (χ1v) is 4.25. The Morgan fingerprint density at radius 1 is 1.18 bits per heavy atom. The van der Waals surface area contributed by atoms with Crippen LogP contribution >= 0.6 is 0 Å². The summed E-state index contributed by atoms with van der Waals surface area (Å²) in [5, 5.41) is 2.32. The van der Waals surface area contributed by atoms with E-state index in [4.69, 9.17) is 0 Å². The molecule has 1 saturated carbocycles. The highest BCUT2D eigenvalue weighted by Gasteiger charge is 2.13. The predicted octanol–water partition coefficient (Wildman–Crippen LogP) is 2.39. The van der Waals surface area contributed by atoms with E-state index in [1.807, 2.05) is 0 Å². The van der Waals surface area contributed by atoms with Crippen molar-refractivity contribution in [1.82, 2.24) is 5.32 Å². The summed E-state index contributed by atoms with van der Waals surface area (Å²) in [6, 6.07) is 0.0926. The van der Waals surface area contributed by atoms with E-state index in [9.17, 15) is 9.18 Å². The number of amides is 1. The van der Waals surface area contributed by atoms with Crippen LogP contribution in [0.1, 0.15) is 38.5 Å². The molecule has 2 nitrogen and oxygen atoms in total. The van der Waals surface area contributed by atoms with Crippen molar-refractivity contribution in [2.24, 2.45) is 0 Å². The molecule has 1 amide bonds. The molecule has 0 unspecified atom stereocenters. The summed E-state index contributed by atoms with van der Waals surface area (Å²) >= 11 is 0. The molecule has 0 radical (unpaired) electrons. The molecule has 3 heteroatoms. The molecule has 0 saturated heterocycles. The molecule has 0 aromatic heterocycles. The lowest BCUT2D eigenvalue weighted by Crippen LogP contribution is -2.30. The monoisotopic (exact) mass is 159 g/mol. The molecule has 0 atom stereocenters. The van der Waals surface area contributed by atoms with E-state index in [-0.39, 0.29) is 6.04 Å². The SMILES string of the molecule is O=C(F)NC1CCCCCC1. The summed E-state index contributed by atoms with van der Waals surface area (Å²) < 4.78 is 11.9. The van der Waals surface area contributed by atoms with Crippen molar-refractivity contribution in [1.29, 1.82) is 0 Å². The van der Waals surface area contributed by atoms with Crippen LogP contribution in [0.2, 0.25) is 0 Å². The molecule has 11 heavy (non-hydrogen) atoms. The number of hydrogen-bond acceptors (Lipinski definition) is 1. The van der Waals surface area contributed by atoms with Gasteiger partial charge in [0, 0.05) is 6.04 Å². The second kappa shape index (κ2) is 4.31. The first-order chi connectivity index (χ1) is 5.29. The average molecular weight is 159 g/mol. The zero-order valence-corrected chi connectivity index (χ0v) is 6.61. The maximum Gasteiger partial charge on any atom is 0.397 e. The van der Waals surface area contributed by atoms with Gasteiger partial charge < -0.3 is 5.32 Å². The highest BCUT2D eigenvalue weighted by Crippen LogP contribution is 2.16. The van der Waals surface area contributed by atoms with Crippen molar-refractivity contribution in [2.45, 2.75) is 44.6 Å². The average Bonchev–Trinajstić information content (AvgIpc) is 2.14. The van der Waals surface area contributed by atoms with Crippen LogP contribution in [0.25, 0.3) is 0 Å². The van der Waals surface area contributed by atoms with Crippen LogP contribution in [0.15, 0.2) is 0 Å². The zero-order chi connectivity index (χ0) is 8.10. The Kier molecular flexibility index (Phi) is 3.33. The van der Waals surface area contributed by atoms with Crippen molar-refractivity contribution in [3.05, 3.63) is 0 Å². The van der Waals surface area contributed by atoms with Gasteiger partial charge in [-0.05, 0) is 12.8 Å². The van der Waals surface area contributed by atoms with E-state index in [0.717, 1.165) is 25.7 Å². The van der Waals surface area contributed by atoms with Crippen molar-refractivity contribution < 1.29 is 9.18 Å². The second-order valence-electron chi connectivity index (χ2n) is 3.11. The van der Waals surface area contributed by atoms with Crippen LogP contribution in [-0.2, 0) is 0 Å². The smallest absolute Gasteiger partial charge is 0.325 e. The number of nitrogens with one attached hydrogen (secondary N) is 1. The third-order valence-electron chi connectivity index (χ3n) is 2.17. The van der Waals surface area contributed by atoms with Crippen LogP contribution < -0.4 is 5.32 Å². The van der Waals surface area contributed by atoms with Gasteiger partial charge >= 0.3 is 6.16 Å². The third kappa shape index (κ3) is 3.35. The van der Waals surface area contributed by atoms with E-state index in [2.05, 4.69) is 5.32 Å². The molecule has 1 rings (SSSR count). The van der Waals surface area contributed by atoms with Crippen LogP contribution in [0.5, 0.6) is 0 Å². The fraction of sp³-hybridized carbons (Fsp3) is 0.875. The number of carbonyl (C=O) groups is 1. The summed E-state index contributed by atoms with van der Waals surface area (Å²) in [4.78, 5) is 10.0. The maximum atomic E-state index is 11.9. The summed E-state index contributed by atoms with van der Waals surface area (Å²) in [6.45, 7) is 0. The van der Waals surface area contributed by atoms with Crippen LogP contribution in [0, 0.1) is 0 Å². The van der Waals surface area contributed by atoms with Gasteiger partial charge in [-0.25, -0.2) is 4.79 Å². The lowest BCUT2D eigenvalue weighted by atomic mass is 10.1. The molecular formula is C8H14FNO. The van der Waals surface area contributed by atoms with Crippen molar-refractivity contribution in [2.75, 3.05) is 0 Å². The zero-order valence-electron chi connectivity index (χ0n) is 6.61. The topological polar surface area (TPSA) is 29.1 Å². The molecule has 1 aliphatic rings. The minimum absolute atomic E-state index is 0.0926. The van der Waals surface area contributed by atoms with Crippen LogP contribution in [-0.4, -0.2) is 12.2 Å². The van der Waals surface area contributed by atoms with Crippen LogP contribution in [0.4, 0.5) is 9.18 Å². The molecule has 0 aromatic rings. The van der Waals surface area contributed by atoms with Gasteiger partial charge in [-0.3, -0.25) is 0 Å². The third-order valence-corrected chi connectivity index (χ3v) is 2.17. The van der Waals surface area contributed by atoms with Gasteiger partial charge in [0.1, 0.15) is 0 Å². The minimum Gasteiger partial charge on any atom is -0.325 e. The molecule has 0 heterocycles. The molecule has 0 bridgehead atoms. The second-order valence-corrected chi connectivity index (χ2v) is 3.11. The normalized spacial score (nSPS) is 20.8. The van der Waals surface area contributed by atoms with Gasteiger partial charge in [0.2, 0.25) is 0 Å². The molecule has 0 aliphatic heterocycles. The minimum atomic E-state index is -1.38. The van der Waals surface area contributed by atoms with E-state index in [1.54, 1.807) is 0 Å². The fourth-order valence-electron chi connectivity index (χ4n) is 1.58. The molecule has 0 spiro atoms. The van der Waals surface area contributed by atoms with E-state index >= 15 is 0 Å². The standard InChI is InChI=1S/C8H14FNO/c9-8(11)10-7-5-3-1-2-4-6-7/h7H,1-6H2,(H,10,11). The first-order valence-electron chi connectivity index (χ1n) is 4.25. The van der Waals surface area contributed by atoms with Gasteiger partial charge in [-0.2, -0.15) is 0 Å². The van der Waals surface area contributed by atoms with Gasteiger partial charge in [0.05, 0.1) is 0 Å².